The third-order valence-corrected chi connectivity index (χ3v) is 5.95. The summed E-state index contributed by atoms with van der Waals surface area (Å²) < 4.78 is 1.71. The molecule has 32 heavy (non-hydrogen) atoms. The Morgan fingerprint density at radius 2 is 1.53 bits per heavy atom. The number of benzene rings is 3. The number of amides is 2. The average molecular weight is 421 g/mol. The number of carbonyl (C=O) groups is 2. The average Bonchev–Trinajstić information content (AvgIpc) is 3.32. The number of anilines is 3. The number of nitrogens with one attached hydrogen (secondary N) is 2. The molecular formula is C25H19N5O2. The van der Waals surface area contributed by atoms with E-state index in [2.05, 4.69) is 15.7 Å². The number of aryl methyl sites for hydroxylation is 1. The molecular weight excluding hydrogens is 402 g/mol. The maximum atomic E-state index is 14.0. The maximum Gasteiger partial charge on any atom is 0.276 e. The number of hydrogen-bond donors (Lipinski definition) is 2. The molecule has 2 N–H and O–H groups in total. The Morgan fingerprint density at radius 3 is 2.34 bits per heavy atom. The van der Waals surface area contributed by atoms with Crippen LogP contribution in [0.4, 0.5) is 17.2 Å². The lowest BCUT2D eigenvalue weighted by molar-refractivity contribution is -0.119. The second kappa shape index (κ2) is 6.55. The summed E-state index contributed by atoms with van der Waals surface area (Å²) in [7, 11) is 0. The van der Waals surface area contributed by atoms with Crippen LogP contribution in [-0.4, -0.2) is 21.6 Å². The Kier molecular flexibility index (Phi) is 3.76. The molecule has 2 amide bonds. The van der Waals surface area contributed by atoms with Crippen LogP contribution in [-0.2, 0) is 10.5 Å². The van der Waals surface area contributed by atoms with Crippen LogP contribution in [0, 0.1) is 6.92 Å². The molecule has 0 bridgehead atoms. The van der Waals surface area contributed by atoms with Crippen molar-refractivity contribution in [1.82, 2.24) is 9.78 Å². The summed E-state index contributed by atoms with van der Waals surface area (Å²) in [6, 6.07) is 26.1. The molecule has 1 aromatic heterocycles. The largest absolute Gasteiger partial charge is 0.350 e. The predicted octanol–water partition coefficient (Wildman–Crippen LogP) is 4.06. The molecule has 3 heterocycles. The number of fused-ring (bicyclic) bond motifs is 3. The van der Waals surface area contributed by atoms with Crippen LogP contribution in [0.1, 0.15) is 21.6 Å². The van der Waals surface area contributed by atoms with Crippen molar-refractivity contribution >= 4 is 29.0 Å². The van der Waals surface area contributed by atoms with E-state index in [-0.39, 0.29) is 11.8 Å². The summed E-state index contributed by atoms with van der Waals surface area (Å²) in [5.41, 5.74) is 2.55. The molecule has 0 saturated carbocycles. The second-order valence-electron chi connectivity index (χ2n) is 7.91. The van der Waals surface area contributed by atoms with Gasteiger partial charge >= 0.3 is 0 Å². The van der Waals surface area contributed by atoms with Crippen LogP contribution in [0.15, 0.2) is 84.9 Å². The van der Waals surface area contributed by atoms with Gasteiger partial charge in [-0.2, -0.15) is 5.10 Å². The molecule has 7 heteroatoms. The van der Waals surface area contributed by atoms with Gasteiger partial charge in [-0.05, 0) is 37.3 Å². The van der Waals surface area contributed by atoms with E-state index in [9.17, 15) is 9.59 Å². The van der Waals surface area contributed by atoms with Crippen LogP contribution in [0.3, 0.4) is 0 Å². The van der Waals surface area contributed by atoms with E-state index in [0.29, 0.717) is 28.3 Å². The summed E-state index contributed by atoms with van der Waals surface area (Å²) in [6.07, 6.45) is 0. The highest BCUT2D eigenvalue weighted by atomic mass is 16.2. The van der Waals surface area contributed by atoms with Crippen molar-refractivity contribution in [3.8, 4) is 5.69 Å². The van der Waals surface area contributed by atoms with Crippen molar-refractivity contribution in [2.45, 2.75) is 12.6 Å². The van der Waals surface area contributed by atoms with Crippen molar-refractivity contribution in [1.29, 1.82) is 0 Å². The number of nitrogens with zero attached hydrogens (tertiary/aromatic N) is 3. The summed E-state index contributed by atoms with van der Waals surface area (Å²) in [6.45, 7) is 1.87. The van der Waals surface area contributed by atoms with Gasteiger partial charge in [-0.15, -0.1) is 0 Å². The van der Waals surface area contributed by atoms with Gasteiger partial charge in [0.1, 0.15) is 5.82 Å². The molecule has 156 valence electrons. The van der Waals surface area contributed by atoms with Crippen molar-refractivity contribution < 1.29 is 9.59 Å². The molecule has 0 saturated heterocycles. The third kappa shape index (κ3) is 2.39. The first-order valence-electron chi connectivity index (χ1n) is 10.3. The minimum atomic E-state index is -1.44. The van der Waals surface area contributed by atoms with Crippen LogP contribution in [0.25, 0.3) is 5.69 Å². The van der Waals surface area contributed by atoms with Crippen LogP contribution >= 0.6 is 0 Å². The van der Waals surface area contributed by atoms with E-state index in [1.165, 1.54) is 4.90 Å². The fourth-order valence-electron chi connectivity index (χ4n) is 4.57. The molecule has 0 fully saturated rings. The molecule has 2 aliphatic heterocycles. The molecule has 1 unspecified atom stereocenters. The fraction of sp³-hybridized carbons (Fsp3) is 0.0800. The first-order chi connectivity index (χ1) is 15.6. The van der Waals surface area contributed by atoms with E-state index in [1.54, 1.807) is 10.7 Å². The summed E-state index contributed by atoms with van der Waals surface area (Å²) in [5, 5.41) is 11.0. The van der Waals surface area contributed by atoms with Gasteiger partial charge in [0.2, 0.25) is 5.66 Å². The van der Waals surface area contributed by atoms with Gasteiger partial charge in [0.15, 0.2) is 0 Å². The van der Waals surface area contributed by atoms with Gasteiger partial charge in [-0.1, -0.05) is 48.5 Å². The Bertz CT molecular complexity index is 1390. The SMILES string of the molecule is Cc1cc(N2C(=O)c3ccccc3NC23C(=O)Nc2ccccc23)n(-c2ccccc2)n1. The van der Waals surface area contributed by atoms with Crippen molar-refractivity contribution in [3.63, 3.8) is 0 Å². The van der Waals surface area contributed by atoms with E-state index in [0.717, 1.165) is 11.4 Å². The number of aromatic nitrogens is 2. The Balaban J connectivity index is 1.66. The highest BCUT2D eigenvalue weighted by Crippen LogP contribution is 2.47. The minimum Gasteiger partial charge on any atom is -0.350 e. The highest BCUT2D eigenvalue weighted by molar-refractivity contribution is 6.21. The molecule has 1 spiro atoms. The molecule has 1 atom stereocenters. The summed E-state index contributed by atoms with van der Waals surface area (Å²) in [4.78, 5) is 29.1. The normalized spacial score (nSPS) is 18.8. The topological polar surface area (TPSA) is 79.3 Å². The van der Waals surface area contributed by atoms with E-state index < -0.39 is 5.66 Å². The van der Waals surface area contributed by atoms with Gasteiger partial charge in [0, 0.05) is 23.0 Å². The molecule has 0 radical (unpaired) electrons. The molecule has 4 aromatic rings. The van der Waals surface area contributed by atoms with Gasteiger partial charge < -0.3 is 10.6 Å². The van der Waals surface area contributed by atoms with Crippen LogP contribution < -0.4 is 15.5 Å². The van der Waals surface area contributed by atoms with E-state index in [1.807, 2.05) is 85.8 Å². The standard InChI is InChI=1S/C25H19N5O2/c1-16-15-22(30(28-16)17-9-3-2-4-10-17)29-23(31)18-11-5-7-13-20(18)27-25(29)19-12-6-8-14-21(19)26-24(25)32/h2-15,27H,1H3,(H,26,32). The van der Waals surface area contributed by atoms with Crippen LogP contribution in [0.5, 0.6) is 0 Å². The Hall–Kier alpha value is -4.39. The number of para-hydroxylation sites is 3. The number of carbonyl (C=O) groups excluding carboxylic acids is 2. The molecule has 3 aromatic carbocycles. The van der Waals surface area contributed by atoms with Crippen LogP contribution in [0.2, 0.25) is 0 Å². The lowest BCUT2D eigenvalue weighted by atomic mass is 9.93. The zero-order valence-electron chi connectivity index (χ0n) is 17.2. The quantitative estimate of drug-likeness (QED) is 0.512. The van der Waals surface area contributed by atoms with Crippen molar-refractivity contribution in [3.05, 3.63) is 102 Å². The van der Waals surface area contributed by atoms with E-state index >= 15 is 0 Å². The minimum absolute atomic E-state index is 0.275. The molecule has 7 nitrogen and oxygen atoms in total. The second-order valence-corrected chi connectivity index (χ2v) is 7.91. The van der Waals surface area contributed by atoms with E-state index in [4.69, 9.17) is 0 Å². The smallest absolute Gasteiger partial charge is 0.276 e. The van der Waals surface area contributed by atoms with Crippen molar-refractivity contribution in [2.75, 3.05) is 15.5 Å². The Labute approximate surface area is 184 Å². The predicted molar refractivity (Wildman–Crippen MR) is 122 cm³/mol. The lowest BCUT2D eigenvalue weighted by Gasteiger charge is -2.44. The summed E-state index contributed by atoms with van der Waals surface area (Å²) in [5.74, 6) is -0.0872. The Morgan fingerprint density at radius 1 is 0.844 bits per heavy atom. The zero-order valence-corrected chi connectivity index (χ0v) is 17.2. The highest BCUT2D eigenvalue weighted by Gasteiger charge is 2.57. The zero-order chi connectivity index (χ0) is 21.9. The molecule has 2 aliphatic rings. The molecule has 6 rings (SSSR count). The number of rotatable bonds is 2. The first-order valence-corrected chi connectivity index (χ1v) is 10.3. The van der Waals surface area contributed by atoms with Gasteiger partial charge in [-0.25, -0.2) is 4.68 Å². The first kappa shape index (κ1) is 18.4. The third-order valence-electron chi connectivity index (χ3n) is 5.95. The summed E-state index contributed by atoms with van der Waals surface area (Å²) >= 11 is 0. The maximum absolute atomic E-state index is 14.0. The van der Waals surface area contributed by atoms with Gasteiger partial charge in [0.05, 0.1) is 16.9 Å². The van der Waals surface area contributed by atoms with Crippen molar-refractivity contribution in [2.24, 2.45) is 0 Å². The number of hydrogen-bond acceptors (Lipinski definition) is 4. The van der Waals surface area contributed by atoms with Gasteiger partial charge in [0.25, 0.3) is 11.8 Å². The fourth-order valence-corrected chi connectivity index (χ4v) is 4.57. The monoisotopic (exact) mass is 421 g/mol. The molecule has 0 aliphatic carbocycles. The van der Waals surface area contributed by atoms with Gasteiger partial charge in [-0.3, -0.25) is 14.5 Å². The lowest BCUT2D eigenvalue weighted by Crippen LogP contribution is -2.62.